The second-order valence-electron chi connectivity index (χ2n) is 4.49. The number of aromatic nitrogens is 1. The molecular weight excluding hydrogens is 302 g/mol. The maximum absolute atomic E-state index is 14.0. The van der Waals surface area contributed by atoms with Gasteiger partial charge in [-0.2, -0.15) is 0 Å². The van der Waals surface area contributed by atoms with Crippen LogP contribution in [0.5, 0.6) is 0 Å². The number of halogens is 3. The SMILES string of the molecule is CC(N)Cc1cc(F)c(Sc2ccc(Cl)cn2)c(F)c1. The van der Waals surface area contributed by atoms with Crippen molar-refractivity contribution < 1.29 is 8.78 Å². The highest BCUT2D eigenvalue weighted by atomic mass is 35.5. The first-order valence-corrected chi connectivity index (χ1v) is 7.18. The summed E-state index contributed by atoms with van der Waals surface area (Å²) in [5.41, 5.74) is 6.17. The molecule has 0 aliphatic rings. The van der Waals surface area contributed by atoms with E-state index in [1.807, 2.05) is 0 Å². The summed E-state index contributed by atoms with van der Waals surface area (Å²) in [5, 5.41) is 0.953. The third-order valence-corrected chi connectivity index (χ3v) is 3.79. The van der Waals surface area contributed by atoms with Crippen molar-refractivity contribution in [2.45, 2.75) is 29.3 Å². The summed E-state index contributed by atoms with van der Waals surface area (Å²) in [6.45, 7) is 1.79. The fraction of sp³-hybridized carbons (Fsp3) is 0.214. The van der Waals surface area contributed by atoms with Crippen LogP contribution in [0.3, 0.4) is 0 Å². The number of pyridine rings is 1. The Balaban J connectivity index is 2.26. The van der Waals surface area contributed by atoms with Gasteiger partial charge < -0.3 is 5.73 Å². The van der Waals surface area contributed by atoms with E-state index in [1.54, 1.807) is 19.1 Å². The molecule has 0 saturated heterocycles. The highest BCUT2D eigenvalue weighted by Crippen LogP contribution is 2.32. The first-order chi connectivity index (χ1) is 9.45. The Morgan fingerprint density at radius 1 is 1.30 bits per heavy atom. The molecule has 1 atom stereocenters. The molecule has 0 aliphatic carbocycles. The predicted octanol–water partition coefficient (Wildman–Crippen LogP) is 4.05. The minimum absolute atomic E-state index is 0.0757. The molecule has 2 nitrogen and oxygen atoms in total. The fourth-order valence-electron chi connectivity index (χ4n) is 1.73. The molecule has 1 aromatic carbocycles. The Morgan fingerprint density at radius 2 is 1.95 bits per heavy atom. The van der Waals surface area contributed by atoms with Crippen molar-refractivity contribution in [2.75, 3.05) is 0 Å². The molecule has 0 fully saturated rings. The van der Waals surface area contributed by atoms with Gasteiger partial charge in [0.1, 0.15) is 16.7 Å². The highest BCUT2D eigenvalue weighted by Gasteiger charge is 2.14. The molecule has 2 rings (SSSR count). The van der Waals surface area contributed by atoms with Crippen molar-refractivity contribution in [3.05, 3.63) is 52.7 Å². The quantitative estimate of drug-likeness (QED) is 0.925. The van der Waals surface area contributed by atoms with E-state index in [-0.39, 0.29) is 10.9 Å². The van der Waals surface area contributed by atoms with Crippen molar-refractivity contribution >= 4 is 23.4 Å². The first-order valence-electron chi connectivity index (χ1n) is 5.98. The van der Waals surface area contributed by atoms with Crippen LogP contribution in [-0.4, -0.2) is 11.0 Å². The van der Waals surface area contributed by atoms with Crippen LogP contribution >= 0.6 is 23.4 Å². The zero-order chi connectivity index (χ0) is 14.7. The Bertz CT molecular complexity index is 580. The van der Waals surface area contributed by atoms with E-state index in [0.29, 0.717) is 22.0 Å². The summed E-state index contributed by atoms with van der Waals surface area (Å²) in [5.74, 6) is -1.22. The molecule has 1 heterocycles. The minimum atomic E-state index is -0.609. The van der Waals surface area contributed by atoms with E-state index in [9.17, 15) is 8.78 Å². The van der Waals surface area contributed by atoms with Gasteiger partial charge in [-0.25, -0.2) is 13.8 Å². The lowest BCUT2D eigenvalue weighted by molar-refractivity contribution is 0.535. The summed E-state index contributed by atoms with van der Waals surface area (Å²) >= 11 is 6.64. The van der Waals surface area contributed by atoms with Crippen LogP contribution in [0, 0.1) is 11.6 Å². The monoisotopic (exact) mass is 314 g/mol. The summed E-state index contributed by atoms with van der Waals surface area (Å²) in [6.07, 6.45) is 1.86. The van der Waals surface area contributed by atoms with Gasteiger partial charge in [0.2, 0.25) is 0 Å². The number of nitrogens with zero attached hydrogens (tertiary/aromatic N) is 1. The van der Waals surface area contributed by atoms with Gasteiger partial charge in [0.25, 0.3) is 0 Å². The predicted molar refractivity (Wildman–Crippen MR) is 77.1 cm³/mol. The number of hydrogen-bond donors (Lipinski definition) is 1. The third-order valence-electron chi connectivity index (χ3n) is 2.52. The van der Waals surface area contributed by atoms with Gasteiger partial charge in [-0.1, -0.05) is 23.4 Å². The molecule has 0 radical (unpaired) electrons. The van der Waals surface area contributed by atoms with Gasteiger partial charge in [0.05, 0.1) is 9.92 Å². The van der Waals surface area contributed by atoms with Gasteiger partial charge >= 0.3 is 0 Å². The van der Waals surface area contributed by atoms with Crippen LogP contribution in [0.4, 0.5) is 8.78 Å². The Morgan fingerprint density at radius 3 is 2.45 bits per heavy atom. The van der Waals surface area contributed by atoms with Crippen LogP contribution < -0.4 is 5.73 Å². The molecule has 6 heteroatoms. The van der Waals surface area contributed by atoms with E-state index in [0.717, 1.165) is 11.8 Å². The molecule has 0 bridgehead atoms. The van der Waals surface area contributed by atoms with E-state index in [2.05, 4.69) is 4.98 Å². The molecule has 1 unspecified atom stereocenters. The van der Waals surface area contributed by atoms with E-state index in [1.165, 1.54) is 18.3 Å². The molecule has 0 saturated carbocycles. The number of rotatable bonds is 4. The highest BCUT2D eigenvalue weighted by molar-refractivity contribution is 7.99. The van der Waals surface area contributed by atoms with Crippen molar-refractivity contribution in [2.24, 2.45) is 5.73 Å². The van der Waals surface area contributed by atoms with Gasteiger partial charge in [-0.3, -0.25) is 0 Å². The normalized spacial score (nSPS) is 12.4. The van der Waals surface area contributed by atoms with Gasteiger partial charge in [-0.05, 0) is 43.2 Å². The number of hydrogen-bond acceptors (Lipinski definition) is 3. The van der Waals surface area contributed by atoms with Crippen molar-refractivity contribution in [1.29, 1.82) is 0 Å². The maximum atomic E-state index is 14.0. The lowest BCUT2D eigenvalue weighted by Gasteiger charge is -2.09. The molecule has 2 N–H and O–H groups in total. The van der Waals surface area contributed by atoms with Crippen molar-refractivity contribution in [1.82, 2.24) is 4.98 Å². The molecule has 20 heavy (non-hydrogen) atoms. The van der Waals surface area contributed by atoms with Gasteiger partial charge in [-0.15, -0.1) is 0 Å². The Hall–Kier alpha value is -1.17. The standard InChI is InChI=1S/C14H13ClF2N2S/c1-8(18)4-9-5-11(16)14(12(17)6-9)20-13-3-2-10(15)7-19-13/h2-3,5-8H,4,18H2,1H3. The van der Waals surface area contributed by atoms with Crippen molar-refractivity contribution in [3.63, 3.8) is 0 Å². The van der Waals surface area contributed by atoms with Crippen molar-refractivity contribution in [3.8, 4) is 0 Å². The Labute approximate surface area is 125 Å². The van der Waals surface area contributed by atoms with Crippen LogP contribution in [-0.2, 0) is 6.42 Å². The molecule has 2 aromatic rings. The topological polar surface area (TPSA) is 38.9 Å². The zero-order valence-corrected chi connectivity index (χ0v) is 12.3. The largest absolute Gasteiger partial charge is 0.328 e. The second-order valence-corrected chi connectivity index (χ2v) is 5.95. The van der Waals surface area contributed by atoms with E-state index in [4.69, 9.17) is 17.3 Å². The number of nitrogens with two attached hydrogens (primary N) is 1. The van der Waals surface area contributed by atoms with Crippen LogP contribution in [0.25, 0.3) is 0 Å². The maximum Gasteiger partial charge on any atom is 0.140 e. The molecule has 0 aliphatic heterocycles. The summed E-state index contributed by atoms with van der Waals surface area (Å²) in [6, 6.07) is 5.71. The molecule has 0 spiro atoms. The summed E-state index contributed by atoms with van der Waals surface area (Å²) in [4.78, 5) is 3.93. The average molecular weight is 315 g/mol. The zero-order valence-electron chi connectivity index (χ0n) is 10.7. The van der Waals surface area contributed by atoms with Crippen LogP contribution in [0.2, 0.25) is 5.02 Å². The fourth-order valence-corrected chi connectivity index (χ4v) is 2.60. The average Bonchev–Trinajstić information content (AvgIpc) is 2.35. The van der Waals surface area contributed by atoms with Crippen LogP contribution in [0.1, 0.15) is 12.5 Å². The van der Waals surface area contributed by atoms with Gasteiger partial charge in [0.15, 0.2) is 0 Å². The third kappa shape index (κ3) is 3.91. The van der Waals surface area contributed by atoms with E-state index >= 15 is 0 Å². The molecule has 106 valence electrons. The molecular formula is C14H13ClF2N2S. The Kier molecular flexibility index (Phi) is 4.96. The number of benzene rings is 1. The molecule has 1 aromatic heterocycles. The molecule has 0 amide bonds. The van der Waals surface area contributed by atoms with Crippen LogP contribution in [0.15, 0.2) is 40.4 Å². The summed E-state index contributed by atoms with van der Waals surface area (Å²) < 4.78 is 27.9. The first kappa shape index (κ1) is 15.2. The lowest BCUT2D eigenvalue weighted by Crippen LogP contribution is -2.18. The second kappa shape index (κ2) is 6.52. The van der Waals surface area contributed by atoms with E-state index < -0.39 is 11.6 Å². The smallest absolute Gasteiger partial charge is 0.140 e. The lowest BCUT2D eigenvalue weighted by atomic mass is 10.1. The minimum Gasteiger partial charge on any atom is -0.328 e. The summed E-state index contributed by atoms with van der Waals surface area (Å²) in [7, 11) is 0. The van der Waals surface area contributed by atoms with Gasteiger partial charge in [0, 0.05) is 12.2 Å².